The zero-order valence-corrected chi connectivity index (χ0v) is 8.27. The molecule has 4 nitrogen and oxygen atoms in total. The van der Waals surface area contributed by atoms with E-state index in [2.05, 4.69) is 10.3 Å². The molecule has 1 aliphatic heterocycles. The Morgan fingerprint density at radius 3 is 3.07 bits per heavy atom. The lowest BCUT2D eigenvalue weighted by atomic mass is 9.91. The molecular formula is C11H12N2O2. The van der Waals surface area contributed by atoms with Crippen LogP contribution in [-0.4, -0.2) is 23.2 Å². The molecule has 4 heteroatoms. The van der Waals surface area contributed by atoms with Crippen LogP contribution >= 0.6 is 0 Å². The Bertz CT molecular complexity index is 375. The lowest BCUT2D eigenvalue weighted by molar-refractivity contribution is -0.124. The smallest absolute Gasteiger partial charge is 0.230 e. The minimum absolute atomic E-state index is 0.125. The van der Waals surface area contributed by atoms with Crippen LogP contribution in [-0.2, 0) is 4.79 Å². The number of carbonyl (C=O) groups excluding carboxylic acids is 2. The first-order valence-electron chi connectivity index (χ1n) is 5.01. The fourth-order valence-corrected chi connectivity index (χ4v) is 1.73. The molecule has 1 N–H and O–H groups in total. The highest BCUT2D eigenvalue weighted by Gasteiger charge is 2.29. The van der Waals surface area contributed by atoms with Crippen LogP contribution in [0.2, 0.25) is 0 Å². The van der Waals surface area contributed by atoms with E-state index in [9.17, 15) is 9.59 Å². The summed E-state index contributed by atoms with van der Waals surface area (Å²) < 4.78 is 0. The highest BCUT2D eigenvalue weighted by Crippen LogP contribution is 2.16. The van der Waals surface area contributed by atoms with Gasteiger partial charge in [-0.1, -0.05) is 0 Å². The van der Waals surface area contributed by atoms with Gasteiger partial charge in [-0.15, -0.1) is 0 Å². The molecule has 1 atom stereocenters. The Morgan fingerprint density at radius 2 is 2.40 bits per heavy atom. The van der Waals surface area contributed by atoms with Gasteiger partial charge in [0.25, 0.3) is 0 Å². The Labute approximate surface area is 87.7 Å². The van der Waals surface area contributed by atoms with E-state index in [1.165, 1.54) is 6.20 Å². The number of ketones is 1. The fraction of sp³-hybridized carbons (Fsp3) is 0.364. The van der Waals surface area contributed by atoms with E-state index in [0.29, 0.717) is 18.5 Å². The molecule has 15 heavy (non-hydrogen) atoms. The first-order chi connectivity index (χ1) is 7.29. The zero-order chi connectivity index (χ0) is 10.7. The summed E-state index contributed by atoms with van der Waals surface area (Å²) in [6.45, 7) is 0.676. The third kappa shape index (κ3) is 2.03. The standard InChI is InChI=1S/C11H12N2O2/c14-10(8-3-1-5-12-7-8)9-4-2-6-13-11(9)15/h1,3,5,7,9H,2,4,6H2,(H,13,15)/t9-/m1/s1. The molecular weight excluding hydrogens is 192 g/mol. The van der Waals surface area contributed by atoms with Gasteiger partial charge < -0.3 is 5.32 Å². The van der Waals surface area contributed by atoms with Crippen molar-refractivity contribution >= 4 is 11.7 Å². The van der Waals surface area contributed by atoms with Gasteiger partial charge in [0, 0.05) is 24.5 Å². The van der Waals surface area contributed by atoms with Crippen LogP contribution < -0.4 is 5.32 Å². The molecule has 1 saturated heterocycles. The number of carbonyl (C=O) groups is 2. The topological polar surface area (TPSA) is 59.1 Å². The highest BCUT2D eigenvalue weighted by molar-refractivity contribution is 6.10. The molecule has 0 bridgehead atoms. The van der Waals surface area contributed by atoms with Crippen molar-refractivity contribution < 1.29 is 9.59 Å². The molecule has 1 fully saturated rings. The number of rotatable bonds is 2. The van der Waals surface area contributed by atoms with Crippen LogP contribution in [0.15, 0.2) is 24.5 Å². The second kappa shape index (κ2) is 4.21. The molecule has 0 aliphatic carbocycles. The summed E-state index contributed by atoms with van der Waals surface area (Å²) in [6.07, 6.45) is 4.61. The van der Waals surface area contributed by atoms with Crippen LogP contribution in [0.5, 0.6) is 0 Å². The van der Waals surface area contributed by atoms with Crippen molar-refractivity contribution in [3.05, 3.63) is 30.1 Å². The first-order valence-corrected chi connectivity index (χ1v) is 5.01. The maximum atomic E-state index is 11.9. The van der Waals surface area contributed by atoms with Crippen molar-refractivity contribution in [2.45, 2.75) is 12.8 Å². The van der Waals surface area contributed by atoms with Crippen molar-refractivity contribution in [3.8, 4) is 0 Å². The van der Waals surface area contributed by atoms with Gasteiger partial charge in [0.05, 0.1) is 0 Å². The van der Waals surface area contributed by atoms with Gasteiger partial charge in [0.1, 0.15) is 5.92 Å². The molecule has 0 saturated carbocycles. The lowest BCUT2D eigenvalue weighted by Gasteiger charge is -2.20. The van der Waals surface area contributed by atoms with Crippen LogP contribution in [0, 0.1) is 5.92 Å². The van der Waals surface area contributed by atoms with Gasteiger partial charge in [0.15, 0.2) is 5.78 Å². The van der Waals surface area contributed by atoms with Crippen molar-refractivity contribution in [1.29, 1.82) is 0 Å². The molecule has 1 aromatic rings. The van der Waals surface area contributed by atoms with E-state index < -0.39 is 5.92 Å². The SMILES string of the molecule is O=C1NCCC[C@@H]1C(=O)c1cccnc1. The van der Waals surface area contributed by atoms with Gasteiger partial charge in [-0.2, -0.15) is 0 Å². The first kappa shape index (κ1) is 9.83. The quantitative estimate of drug-likeness (QED) is 0.572. The summed E-state index contributed by atoms with van der Waals surface area (Å²) in [5.41, 5.74) is 0.513. The monoisotopic (exact) mass is 204 g/mol. The van der Waals surface area contributed by atoms with Gasteiger partial charge in [0.2, 0.25) is 5.91 Å². The Morgan fingerprint density at radius 1 is 1.53 bits per heavy atom. The van der Waals surface area contributed by atoms with Crippen LogP contribution in [0.25, 0.3) is 0 Å². The summed E-state index contributed by atoms with van der Waals surface area (Å²) in [5.74, 6) is -0.807. The minimum atomic E-state index is -0.525. The summed E-state index contributed by atoms with van der Waals surface area (Å²) in [7, 11) is 0. The minimum Gasteiger partial charge on any atom is -0.355 e. The zero-order valence-electron chi connectivity index (χ0n) is 8.27. The number of amides is 1. The normalized spacial score (nSPS) is 20.8. The van der Waals surface area contributed by atoms with Crippen LogP contribution in [0.1, 0.15) is 23.2 Å². The number of piperidine rings is 1. The third-order valence-electron chi connectivity index (χ3n) is 2.55. The molecule has 0 radical (unpaired) electrons. The maximum Gasteiger partial charge on any atom is 0.230 e. The largest absolute Gasteiger partial charge is 0.355 e. The van der Waals surface area contributed by atoms with E-state index in [4.69, 9.17) is 0 Å². The Hall–Kier alpha value is -1.71. The molecule has 0 aromatic carbocycles. The molecule has 0 unspecified atom stereocenters. The van der Waals surface area contributed by atoms with Gasteiger partial charge in [-0.3, -0.25) is 14.6 Å². The number of nitrogens with zero attached hydrogens (tertiary/aromatic N) is 1. The molecule has 1 amide bonds. The lowest BCUT2D eigenvalue weighted by Crippen LogP contribution is -2.40. The Balaban J connectivity index is 2.17. The Kier molecular flexibility index (Phi) is 2.76. The average Bonchev–Trinajstić information content (AvgIpc) is 2.30. The van der Waals surface area contributed by atoms with Crippen molar-refractivity contribution in [2.75, 3.05) is 6.54 Å². The second-order valence-electron chi connectivity index (χ2n) is 3.59. The predicted octanol–water partition coefficient (Wildman–Crippen LogP) is 0.791. The van der Waals surface area contributed by atoms with Crippen molar-refractivity contribution in [2.24, 2.45) is 5.92 Å². The number of Topliss-reactive ketones (excluding diaryl/α,β-unsaturated/α-hetero) is 1. The number of nitrogens with one attached hydrogen (secondary N) is 1. The number of hydrogen-bond acceptors (Lipinski definition) is 3. The van der Waals surface area contributed by atoms with Gasteiger partial charge in [-0.05, 0) is 25.0 Å². The van der Waals surface area contributed by atoms with E-state index in [-0.39, 0.29) is 11.7 Å². The number of hydrogen-bond donors (Lipinski definition) is 1. The molecule has 0 spiro atoms. The van der Waals surface area contributed by atoms with E-state index in [0.717, 1.165) is 6.42 Å². The number of aromatic nitrogens is 1. The highest BCUT2D eigenvalue weighted by atomic mass is 16.2. The summed E-state index contributed by atoms with van der Waals surface area (Å²) >= 11 is 0. The third-order valence-corrected chi connectivity index (χ3v) is 2.55. The summed E-state index contributed by atoms with van der Waals surface area (Å²) in [5, 5.41) is 2.70. The number of pyridine rings is 1. The predicted molar refractivity (Wildman–Crippen MR) is 54.3 cm³/mol. The van der Waals surface area contributed by atoms with Crippen LogP contribution in [0.4, 0.5) is 0 Å². The van der Waals surface area contributed by atoms with Crippen molar-refractivity contribution in [3.63, 3.8) is 0 Å². The summed E-state index contributed by atoms with van der Waals surface area (Å²) in [4.78, 5) is 27.2. The summed E-state index contributed by atoms with van der Waals surface area (Å²) in [6, 6.07) is 3.39. The molecule has 2 heterocycles. The average molecular weight is 204 g/mol. The molecule has 1 aliphatic rings. The van der Waals surface area contributed by atoms with Gasteiger partial charge >= 0.3 is 0 Å². The van der Waals surface area contributed by atoms with E-state index in [1.54, 1.807) is 18.3 Å². The van der Waals surface area contributed by atoms with E-state index >= 15 is 0 Å². The molecule has 1 aromatic heterocycles. The molecule has 78 valence electrons. The fourth-order valence-electron chi connectivity index (χ4n) is 1.73. The maximum absolute atomic E-state index is 11.9. The molecule has 2 rings (SSSR count). The van der Waals surface area contributed by atoms with Crippen LogP contribution in [0.3, 0.4) is 0 Å². The van der Waals surface area contributed by atoms with Gasteiger partial charge in [-0.25, -0.2) is 0 Å². The van der Waals surface area contributed by atoms with Crippen molar-refractivity contribution in [1.82, 2.24) is 10.3 Å². The second-order valence-corrected chi connectivity index (χ2v) is 3.59. The van der Waals surface area contributed by atoms with E-state index in [1.807, 2.05) is 0 Å².